The van der Waals surface area contributed by atoms with E-state index in [2.05, 4.69) is 42.4 Å². The smallest absolute Gasteiger partial charge is 0.275 e. The van der Waals surface area contributed by atoms with Crippen molar-refractivity contribution in [3.8, 4) is 17.2 Å². The molecule has 6 nitrogen and oxygen atoms in total. The third kappa shape index (κ3) is 3.91. The number of phenols is 2. The predicted octanol–water partition coefficient (Wildman–Crippen LogP) is 4.55. The van der Waals surface area contributed by atoms with Crippen molar-refractivity contribution in [3.05, 3.63) is 62.5 Å². The van der Waals surface area contributed by atoms with Crippen molar-refractivity contribution in [1.29, 1.82) is 0 Å². The number of carbonyl (C=O) groups excluding carboxylic acids is 1. The van der Waals surface area contributed by atoms with E-state index in [-0.39, 0.29) is 22.8 Å². The molecule has 8 heteroatoms. The molecule has 0 spiro atoms. The molecule has 0 radical (unpaired) electrons. The largest absolute Gasteiger partial charge is 0.507 e. The minimum atomic E-state index is -0.577. The zero-order valence-electron chi connectivity index (χ0n) is 14.0. The van der Waals surface area contributed by atoms with Crippen LogP contribution in [0.4, 0.5) is 0 Å². The van der Waals surface area contributed by atoms with Crippen LogP contribution in [0.3, 0.4) is 0 Å². The molecular weight excluding hydrogens is 480 g/mol. The van der Waals surface area contributed by atoms with Crippen LogP contribution in [0, 0.1) is 0 Å². The molecule has 0 heterocycles. The van der Waals surface area contributed by atoms with Crippen molar-refractivity contribution in [1.82, 2.24) is 5.43 Å². The number of nitrogens with one attached hydrogen (secondary N) is 1. The highest BCUT2D eigenvalue weighted by atomic mass is 79.9. The number of carbonyl (C=O) groups is 1. The van der Waals surface area contributed by atoms with Gasteiger partial charge in [-0.3, -0.25) is 4.79 Å². The third-order valence-electron chi connectivity index (χ3n) is 3.88. The highest BCUT2D eigenvalue weighted by Gasteiger charge is 2.15. The Morgan fingerprint density at radius 3 is 2.48 bits per heavy atom. The van der Waals surface area contributed by atoms with Crippen LogP contribution in [0.25, 0.3) is 10.8 Å². The number of hydrogen-bond acceptors (Lipinski definition) is 5. The van der Waals surface area contributed by atoms with Crippen LogP contribution < -0.4 is 10.2 Å². The highest BCUT2D eigenvalue weighted by Crippen LogP contribution is 2.39. The van der Waals surface area contributed by atoms with E-state index in [9.17, 15) is 15.0 Å². The number of nitrogens with zero attached hydrogens (tertiary/aromatic N) is 1. The molecule has 3 N–H and O–H groups in total. The number of aromatic hydroxyl groups is 2. The summed E-state index contributed by atoms with van der Waals surface area (Å²) >= 11 is 6.68. The average Bonchev–Trinajstić information content (AvgIpc) is 2.66. The SMILES string of the molecule is COc1cc(Br)c(Br)c(/C=N/NC(=O)c2cc3ccccc3cc2O)c1O. The lowest BCUT2D eigenvalue weighted by Crippen LogP contribution is -2.17. The first-order valence-electron chi connectivity index (χ1n) is 7.72. The van der Waals surface area contributed by atoms with Crippen LogP contribution in [0.1, 0.15) is 15.9 Å². The van der Waals surface area contributed by atoms with Crippen molar-refractivity contribution >= 4 is 54.8 Å². The number of rotatable bonds is 4. The van der Waals surface area contributed by atoms with Crippen molar-refractivity contribution < 1.29 is 19.7 Å². The van der Waals surface area contributed by atoms with Gasteiger partial charge in [0.2, 0.25) is 0 Å². The molecule has 1 amide bonds. The molecule has 0 fully saturated rings. The van der Waals surface area contributed by atoms with E-state index in [0.717, 1.165) is 10.8 Å². The number of methoxy groups -OCH3 is 1. The van der Waals surface area contributed by atoms with Gasteiger partial charge in [0.05, 0.1) is 24.5 Å². The Labute approximate surface area is 171 Å². The summed E-state index contributed by atoms with van der Waals surface area (Å²) in [6.07, 6.45) is 1.28. The number of halogens is 2. The molecular formula is C19H14Br2N2O4. The maximum atomic E-state index is 12.4. The summed E-state index contributed by atoms with van der Waals surface area (Å²) in [6.45, 7) is 0. The quantitative estimate of drug-likeness (QED) is 0.367. The van der Waals surface area contributed by atoms with Gasteiger partial charge in [0.25, 0.3) is 5.91 Å². The molecule has 0 atom stereocenters. The molecule has 0 aliphatic rings. The first-order chi connectivity index (χ1) is 12.9. The predicted molar refractivity (Wildman–Crippen MR) is 111 cm³/mol. The molecule has 3 rings (SSSR count). The number of hydrogen-bond donors (Lipinski definition) is 3. The molecule has 0 unspecified atom stereocenters. The van der Waals surface area contributed by atoms with Crippen LogP contribution in [-0.4, -0.2) is 29.4 Å². The summed E-state index contributed by atoms with van der Waals surface area (Å²) < 4.78 is 6.29. The first kappa shape index (κ1) is 19.2. The summed E-state index contributed by atoms with van der Waals surface area (Å²) in [7, 11) is 1.43. The molecule has 0 saturated heterocycles. The van der Waals surface area contributed by atoms with E-state index in [1.54, 1.807) is 12.1 Å². The number of fused-ring (bicyclic) bond motifs is 1. The first-order valence-corrected chi connectivity index (χ1v) is 9.31. The Morgan fingerprint density at radius 2 is 1.81 bits per heavy atom. The fourth-order valence-electron chi connectivity index (χ4n) is 2.51. The van der Waals surface area contributed by atoms with Crippen molar-refractivity contribution in [3.63, 3.8) is 0 Å². The lowest BCUT2D eigenvalue weighted by molar-refractivity contribution is 0.0952. The molecule has 3 aromatic rings. The second-order valence-corrected chi connectivity index (χ2v) is 7.20. The van der Waals surface area contributed by atoms with Gasteiger partial charge < -0.3 is 14.9 Å². The van der Waals surface area contributed by atoms with Crippen molar-refractivity contribution in [2.24, 2.45) is 5.10 Å². The number of hydrazone groups is 1. The summed E-state index contributed by atoms with van der Waals surface area (Å²) in [5.41, 5.74) is 2.77. The van der Waals surface area contributed by atoms with E-state index in [1.165, 1.54) is 19.4 Å². The molecule has 0 aliphatic heterocycles. The number of amides is 1. The minimum absolute atomic E-state index is 0.0981. The van der Waals surface area contributed by atoms with E-state index < -0.39 is 5.91 Å². The zero-order valence-corrected chi connectivity index (χ0v) is 17.2. The molecule has 0 aliphatic carbocycles. The van der Waals surface area contributed by atoms with Gasteiger partial charge >= 0.3 is 0 Å². The van der Waals surface area contributed by atoms with E-state index in [1.807, 2.05) is 24.3 Å². The number of benzene rings is 3. The molecule has 0 aromatic heterocycles. The fraction of sp³-hybridized carbons (Fsp3) is 0.0526. The van der Waals surface area contributed by atoms with Crippen LogP contribution in [0.2, 0.25) is 0 Å². The van der Waals surface area contributed by atoms with Gasteiger partial charge in [-0.05, 0) is 60.8 Å². The van der Waals surface area contributed by atoms with Gasteiger partial charge in [0, 0.05) is 8.95 Å². The van der Waals surface area contributed by atoms with E-state index in [4.69, 9.17) is 4.74 Å². The summed E-state index contributed by atoms with van der Waals surface area (Å²) in [5.74, 6) is -0.592. The lowest BCUT2D eigenvalue weighted by Gasteiger charge is -2.10. The molecule has 3 aromatic carbocycles. The van der Waals surface area contributed by atoms with Gasteiger partial charge in [0.1, 0.15) is 5.75 Å². The van der Waals surface area contributed by atoms with E-state index in [0.29, 0.717) is 14.5 Å². The zero-order chi connectivity index (χ0) is 19.6. The Kier molecular flexibility index (Phi) is 5.67. The summed E-state index contributed by atoms with van der Waals surface area (Å²) in [6, 6.07) is 12.1. The average molecular weight is 494 g/mol. The molecule has 27 heavy (non-hydrogen) atoms. The standard InChI is InChI=1S/C19H14Br2N2O4/c1-27-16-8-14(20)17(21)13(18(16)25)9-22-23-19(26)12-6-10-4-2-3-5-11(10)7-15(12)24/h2-9,24-25H,1H3,(H,23,26)/b22-9+. The van der Waals surface area contributed by atoms with Crippen LogP contribution >= 0.6 is 31.9 Å². The molecule has 138 valence electrons. The van der Waals surface area contributed by atoms with Crippen molar-refractivity contribution in [2.75, 3.05) is 7.11 Å². The molecule has 0 saturated carbocycles. The summed E-state index contributed by atoms with van der Waals surface area (Å²) in [5, 5.41) is 25.8. The summed E-state index contributed by atoms with van der Waals surface area (Å²) in [4.78, 5) is 12.4. The van der Waals surface area contributed by atoms with Crippen LogP contribution in [0.5, 0.6) is 17.2 Å². The fourth-order valence-corrected chi connectivity index (χ4v) is 3.34. The number of ether oxygens (including phenoxy) is 1. The van der Waals surface area contributed by atoms with Crippen LogP contribution in [-0.2, 0) is 0 Å². The highest BCUT2D eigenvalue weighted by molar-refractivity contribution is 9.13. The minimum Gasteiger partial charge on any atom is -0.507 e. The third-order valence-corrected chi connectivity index (χ3v) is 5.89. The maximum Gasteiger partial charge on any atom is 0.275 e. The Bertz CT molecular complexity index is 1070. The monoisotopic (exact) mass is 492 g/mol. The van der Waals surface area contributed by atoms with Gasteiger partial charge in [-0.1, -0.05) is 24.3 Å². The Morgan fingerprint density at radius 1 is 1.15 bits per heavy atom. The Hall–Kier alpha value is -2.58. The number of phenolic OH excluding ortho intramolecular Hbond substituents is 2. The van der Waals surface area contributed by atoms with Crippen LogP contribution in [0.15, 0.2) is 56.5 Å². The topological polar surface area (TPSA) is 91.2 Å². The second-order valence-electron chi connectivity index (χ2n) is 5.55. The Balaban J connectivity index is 1.86. The second kappa shape index (κ2) is 7.98. The normalized spacial score (nSPS) is 11.1. The maximum absolute atomic E-state index is 12.4. The van der Waals surface area contributed by atoms with Gasteiger partial charge in [-0.2, -0.15) is 5.10 Å². The molecule has 0 bridgehead atoms. The lowest BCUT2D eigenvalue weighted by atomic mass is 10.1. The van der Waals surface area contributed by atoms with Gasteiger partial charge in [0.15, 0.2) is 11.5 Å². The van der Waals surface area contributed by atoms with Crippen molar-refractivity contribution in [2.45, 2.75) is 0 Å². The van der Waals surface area contributed by atoms with Gasteiger partial charge in [-0.25, -0.2) is 5.43 Å². The van der Waals surface area contributed by atoms with Gasteiger partial charge in [-0.15, -0.1) is 0 Å². The van der Waals surface area contributed by atoms with E-state index >= 15 is 0 Å².